The van der Waals surface area contributed by atoms with Crippen molar-refractivity contribution < 1.29 is 18.3 Å². The fourth-order valence-electron chi connectivity index (χ4n) is 1.63. The Balaban J connectivity index is 2.69. The Kier molecular flexibility index (Phi) is 4.61. The van der Waals surface area contributed by atoms with Crippen LogP contribution in [0.3, 0.4) is 0 Å². The second-order valence-corrected chi connectivity index (χ2v) is 6.96. The summed E-state index contributed by atoms with van der Waals surface area (Å²) in [6.07, 6.45) is 1.05. The molecule has 0 aliphatic rings. The summed E-state index contributed by atoms with van der Waals surface area (Å²) in [5.74, 6) is -0.602. The number of carbonyl (C=O) groups is 1. The number of amides is 1. The molecule has 1 amide bonds. The Morgan fingerprint density at radius 1 is 1.40 bits per heavy atom. The summed E-state index contributed by atoms with van der Waals surface area (Å²) in [4.78, 5) is 11.9. The highest BCUT2D eigenvalue weighted by molar-refractivity contribution is 7.88. The van der Waals surface area contributed by atoms with Gasteiger partial charge in [0.1, 0.15) is 5.75 Å². The number of benzene rings is 1. The molecule has 0 saturated heterocycles. The predicted octanol–water partition coefficient (Wildman–Crippen LogP) is 0.0320. The first-order valence-electron chi connectivity index (χ1n) is 5.86. The van der Waals surface area contributed by atoms with Gasteiger partial charge in [0.25, 0.3) is 5.91 Å². The molecule has 1 aromatic carbocycles. The average Bonchev–Trinajstić information content (AvgIpc) is 2.26. The number of nitrogen functional groups attached to an aromatic ring is 1. The second-order valence-electron chi connectivity index (χ2n) is 5.21. The second kappa shape index (κ2) is 5.68. The van der Waals surface area contributed by atoms with Crippen molar-refractivity contribution in [3.63, 3.8) is 0 Å². The van der Waals surface area contributed by atoms with Crippen LogP contribution >= 0.6 is 0 Å². The van der Waals surface area contributed by atoms with Gasteiger partial charge in [-0.3, -0.25) is 4.79 Å². The Morgan fingerprint density at radius 2 is 2.00 bits per heavy atom. The van der Waals surface area contributed by atoms with Crippen molar-refractivity contribution in [1.29, 1.82) is 0 Å². The lowest BCUT2D eigenvalue weighted by Crippen LogP contribution is -2.51. The normalized spacial score (nSPS) is 12.2. The molecule has 20 heavy (non-hydrogen) atoms. The number of hydrogen-bond acceptors (Lipinski definition) is 5. The molecule has 0 bridgehead atoms. The van der Waals surface area contributed by atoms with E-state index < -0.39 is 21.5 Å². The largest absolute Gasteiger partial charge is 0.506 e. The molecule has 1 rings (SSSR count). The first-order chi connectivity index (χ1) is 9.00. The van der Waals surface area contributed by atoms with Gasteiger partial charge in [-0.1, -0.05) is 0 Å². The third-order valence-electron chi connectivity index (χ3n) is 2.45. The zero-order valence-corrected chi connectivity index (χ0v) is 12.4. The van der Waals surface area contributed by atoms with Crippen LogP contribution in [0.25, 0.3) is 0 Å². The molecule has 0 heterocycles. The summed E-state index contributed by atoms with van der Waals surface area (Å²) in [5.41, 5.74) is 5.05. The maximum absolute atomic E-state index is 11.9. The first kappa shape index (κ1) is 16.3. The van der Waals surface area contributed by atoms with E-state index in [-0.39, 0.29) is 23.5 Å². The van der Waals surface area contributed by atoms with Crippen molar-refractivity contribution in [3.8, 4) is 5.75 Å². The summed E-state index contributed by atoms with van der Waals surface area (Å²) < 4.78 is 24.8. The SMILES string of the molecule is CC(C)(CNC(=O)c1ccc(N)c(O)c1)NS(C)(=O)=O. The van der Waals surface area contributed by atoms with E-state index in [1.54, 1.807) is 13.8 Å². The van der Waals surface area contributed by atoms with E-state index in [4.69, 9.17) is 5.73 Å². The molecular weight excluding hydrogens is 282 g/mol. The molecular formula is C12H19N3O4S. The van der Waals surface area contributed by atoms with Gasteiger partial charge in [-0.25, -0.2) is 13.1 Å². The van der Waals surface area contributed by atoms with Crippen molar-refractivity contribution in [2.24, 2.45) is 0 Å². The molecule has 0 radical (unpaired) electrons. The van der Waals surface area contributed by atoms with Crippen LogP contribution in [-0.4, -0.2) is 37.8 Å². The minimum Gasteiger partial charge on any atom is -0.506 e. The lowest BCUT2D eigenvalue weighted by Gasteiger charge is -2.25. The van der Waals surface area contributed by atoms with Crippen LogP contribution in [0.4, 0.5) is 5.69 Å². The fourth-order valence-corrected chi connectivity index (χ4v) is 2.70. The molecule has 8 heteroatoms. The molecule has 0 spiro atoms. The monoisotopic (exact) mass is 301 g/mol. The smallest absolute Gasteiger partial charge is 0.251 e. The highest BCUT2D eigenvalue weighted by Crippen LogP contribution is 2.20. The van der Waals surface area contributed by atoms with E-state index in [0.717, 1.165) is 6.26 Å². The number of rotatable bonds is 5. The van der Waals surface area contributed by atoms with Gasteiger partial charge in [-0.05, 0) is 32.0 Å². The quantitative estimate of drug-likeness (QED) is 0.451. The molecule has 0 aliphatic carbocycles. The summed E-state index contributed by atoms with van der Waals surface area (Å²) in [6, 6.07) is 4.15. The number of hydrogen-bond donors (Lipinski definition) is 4. The van der Waals surface area contributed by atoms with Crippen LogP contribution in [0.2, 0.25) is 0 Å². The number of nitrogens with two attached hydrogens (primary N) is 1. The van der Waals surface area contributed by atoms with Crippen molar-refractivity contribution in [2.45, 2.75) is 19.4 Å². The summed E-state index contributed by atoms with van der Waals surface area (Å²) in [5, 5.41) is 12.0. The van der Waals surface area contributed by atoms with Crippen LogP contribution in [0.1, 0.15) is 24.2 Å². The number of aromatic hydroxyl groups is 1. The van der Waals surface area contributed by atoms with Gasteiger partial charge >= 0.3 is 0 Å². The van der Waals surface area contributed by atoms with Gasteiger partial charge in [0.15, 0.2) is 0 Å². The van der Waals surface area contributed by atoms with Crippen molar-refractivity contribution in [3.05, 3.63) is 23.8 Å². The molecule has 0 atom stereocenters. The third-order valence-corrected chi connectivity index (χ3v) is 3.37. The number of phenols is 1. The zero-order valence-electron chi connectivity index (χ0n) is 11.6. The van der Waals surface area contributed by atoms with Crippen molar-refractivity contribution >= 4 is 21.6 Å². The van der Waals surface area contributed by atoms with Crippen LogP contribution < -0.4 is 15.8 Å². The van der Waals surface area contributed by atoms with E-state index in [9.17, 15) is 18.3 Å². The number of anilines is 1. The summed E-state index contributed by atoms with van der Waals surface area (Å²) >= 11 is 0. The molecule has 0 saturated carbocycles. The highest BCUT2D eigenvalue weighted by Gasteiger charge is 2.23. The fraction of sp³-hybridized carbons (Fsp3) is 0.417. The van der Waals surface area contributed by atoms with Gasteiger partial charge in [0.2, 0.25) is 10.0 Å². The standard InChI is InChI=1S/C12H19N3O4S/c1-12(2,15-20(3,18)19)7-14-11(17)8-4-5-9(13)10(16)6-8/h4-6,15-16H,7,13H2,1-3H3,(H,14,17). The van der Waals surface area contributed by atoms with Gasteiger partial charge in [-0.2, -0.15) is 0 Å². The Bertz CT molecular complexity index is 611. The third kappa shape index (κ3) is 5.06. The average molecular weight is 301 g/mol. The number of carbonyl (C=O) groups excluding carboxylic acids is 1. The van der Waals surface area contributed by atoms with E-state index in [1.165, 1.54) is 18.2 Å². The number of sulfonamides is 1. The highest BCUT2D eigenvalue weighted by atomic mass is 32.2. The van der Waals surface area contributed by atoms with E-state index in [1.807, 2.05) is 0 Å². The number of phenolic OH excluding ortho intramolecular Hbond substituents is 1. The summed E-state index contributed by atoms with van der Waals surface area (Å²) in [7, 11) is -3.36. The molecule has 7 nitrogen and oxygen atoms in total. The van der Waals surface area contributed by atoms with Crippen molar-refractivity contribution in [2.75, 3.05) is 18.5 Å². The molecule has 0 aliphatic heterocycles. The van der Waals surface area contributed by atoms with Crippen LogP contribution in [-0.2, 0) is 10.0 Å². The van der Waals surface area contributed by atoms with E-state index in [2.05, 4.69) is 10.0 Å². The Labute approximate surface area is 118 Å². The molecule has 0 fully saturated rings. The molecule has 0 aromatic heterocycles. The maximum Gasteiger partial charge on any atom is 0.251 e. The van der Waals surface area contributed by atoms with Crippen molar-refractivity contribution in [1.82, 2.24) is 10.0 Å². The lowest BCUT2D eigenvalue weighted by atomic mass is 10.1. The molecule has 112 valence electrons. The maximum atomic E-state index is 11.9. The molecule has 0 unspecified atom stereocenters. The van der Waals surface area contributed by atoms with Crippen LogP contribution in [0.5, 0.6) is 5.75 Å². The first-order valence-corrected chi connectivity index (χ1v) is 7.75. The van der Waals surface area contributed by atoms with E-state index in [0.29, 0.717) is 0 Å². The van der Waals surface area contributed by atoms with E-state index >= 15 is 0 Å². The molecule has 5 N–H and O–H groups in total. The predicted molar refractivity (Wildman–Crippen MR) is 76.9 cm³/mol. The minimum absolute atomic E-state index is 0.101. The summed E-state index contributed by atoms with van der Waals surface area (Å²) in [6.45, 7) is 3.40. The van der Waals surface area contributed by atoms with Crippen LogP contribution in [0.15, 0.2) is 18.2 Å². The van der Waals surface area contributed by atoms with Gasteiger partial charge in [0.05, 0.1) is 11.9 Å². The Hall–Kier alpha value is -1.80. The number of nitrogens with one attached hydrogen (secondary N) is 2. The van der Waals surface area contributed by atoms with Gasteiger partial charge < -0.3 is 16.2 Å². The lowest BCUT2D eigenvalue weighted by molar-refractivity contribution is 0.0944. The van der Waals surface area contributed by atoms with Gasteiger partial charge in [-0.15, -0.1) is 0 Å². The van der Waals surface area contributed by atoms with Gasteiger partial charge in [0, 0.05) is 17.6 Å². The zero-order chi connectivity index (χ0) is 15.6. The van der Waals surface area contributed by atoms with Crippen LogP contribution in [0, 0.1) is 0 Å². The Morgan fingerprint density at radius 3 is 2.50 bits per heavy atom. The topological polar surface area (TPSA) is 122 Å². The molecule has 1 aromatic rings. The minimum atomic E-state index is -3.36.